The first-order valence-electron chi connectivity index (χ1n) is 6.35. The second kappa shape index (κ2) is 5.35. The second-order valence-electron chi connectivity index (χ2n) is 4.59. The highest BCUT2D eigenvalue weighted by Crippen LogP contribution is 2.35. The summed E-state index contributed by atoms with van der Waals surface area (Å²) in [5.74, 6) is 0. The monoisotopic (exact) mass is 301 g/mol. The van der Waals surface area contributed by atoms with Gasteiger partial charge in [-0.05, 0) is 34.7 Å². The van der Waals surface area contributed by atoms with E-state index in [-0.39, 0.29) is 0 Å². The quantitative estimate of drug-likeness (QED) is 0.625. The summed E-state index contributed by atoms with van der Waals surface area (Å²) in [6.45, 7) is 0. The summed E-state index contributed by atoms with van der Waals surface area (Å²) in [6.07, 6.45) is 0. The molecule has 0 saturated carbocycles. The third kappa shape index (κ3) is 2.24. The average Bonchev–Trinajstić information content (AvgIpc) is 2.49. The van der Waals surface area contributed by atoms with Crippen molar-refractivity contribution in [2.24, 2.45) is 0 Å². The predicted octanol–water partition coefficient (Wildman–Crippen LogP) is 5.86. The first kappa shape index (κ1) is 13.3. The van der Waals surface area contributed by atoms with E-state index in [1.165, 1.54) is 10.8 Å². The first-order valence-corrected chi connectivity index (χ1v) is 7.11. The molecule has 0 aliphatic heterocycles. The number of anilines is 1. The molecular formula is C17H13Cl2N. The molecule has 0 aromatic heterocycles. The van der Waals surface area contributed by atoms with Gasteiger partial charge in [0, 0.05) is 18.1 Å². The number of fused-ring (bicyclic) bond motifs is 1. The zero-order valence-corrected chi connectivity index (χ0v) is 12.5. The van der Waals surface area contributed by atoms with Crippen LogP contribution in [0.5, 0.6) is 0 Å². The van der Waals surface area contributed by atoms with E-state index < -0.39 is 0 Å². The number of hydrogen-bond donors (Lipinski definition) is 1. The molecule has 1 N–H and O–H groups in total. The number of benzene rings is 3. The lowest BCUT2D eigenvalue weighted by Crippen LogP contribution is -1.91. The fourth-order valence-corrected chi connectivity index (χ4v) is 2.73. The number of halogens is 2. The Morgan fingerprint density at radius 3 is 2.25 bits per heavy atom. The maximum atomic E-state index is 6.13. The van der Waals surface area contributed by atoms with Crippen molar-refractivity contribution in [3.05, 3.63) is 64.6 Å². The van der Waals surface area contributed by atoms with Crippen LogP contribution in [0.3, 0.4) is 0 Å². The normalized spacial score (nSPS) is 10.8. The van der Waals surface area contributed by atoms with Gasteiger partial charge in [0.1, 0.15) is 0 Å². The smallest absolute Gasteiger partial charge is 0.0598 e. The van der Waals surface area contributed by atoms with Crippen LogP contribution >= 0.6 is 23.2 Å². The summed E-state index contributed by atoms with van der Waals surface area (Å²) in [5, 5.41) is 6.76. The highest BCUT2D eigenvalue weighted by Gasteiger charge is 2.08. The molecule has 0 heterocycles. The van der Waals surface area contributed by atoms with Crippen molar-refractivity contribution in [2.45, 2.75) is 0 Å². The third-order valence-electron chi connectivity index (χ3n) is 3.42. The van der Waals surface area contributed by atoms with Crippen LogP contribution in [0.4, 0.5) is 5.69 Å². The molecule has 3 heteroatoms. The minimum atomic E-state index is 0.575. The molecule has 0 radical (unpaired) electrons. The molecule has 0 unspecified atom stereocenters. The Morgan fingerprint density at radius 1 is 0.800 bits per heavy atom. The molecule has 0 aliphatic rings. The standard InChI is InChI=1S/C17H13Cl2N/c1-20-17-9-7-12(13-4-2-3-5-14(13)17)11-6-8-15(18)16(19)10-11/h2-10,20H,1H3. The van der Waals surface area contributed by atoms with Crippen molar-refractivity contribution in [1.82, 2.24) is 0 Å². The molecular weight excluding hydrogens is 289 g/mol. The summed E-state index contributed by atoms with van der Waals surface area (Å²) < 4.78 is 0. The van der Waals surface area contributed by atoms with E-state index in [4.69, 9.17) is 23.2 Å². The van der Waals surface area contributed by atoms with Crippen molar-refractivity contribution in [3.63, 3.8) is 0 Å². The van der Waals surface area contributed by atoms with Gasteiger partial charge in [-0.3, -0.25) is 0 Å². The number of nitrogens with one attached hydrogen (secondary N) is 1. The van der Waals surface area contributed by atoms with Gasteiger partial charge in [-0.2, -0.15) is 0 Å². The van der Waals surface area contributed by atoms with Crippen LogP contribution in [0, 0.1) is 0 Å². The van der Waals surface area contributed by atoms with Gasteiger partial charge in [-0.15, -0.1) is 0 Å². The Bertz CT molecular complexity index is 781. The lowest BCUT2D eigenvalue weighted by atomic mass is 9.97. The Morgan fingerprint density at radius 2 is 1.55 bits per heavy atom. The molecule has 3 aromatic rings. The molecule has 0 aliphatic carbocycles. The average molecular weight is 302 g/mol. The Balaban J connectivity index is 2.29. The van der Waals surface area contributed by atoms with Crippen molar-refractivity contribution in [3.8, 4) is 11.1 Å². The van der Waals surface area contributed by atoms with Crippen LogP contribution in [0.1, 0.15) is 0 Å². The molecule has 3 rings (SSSR count). The number of rotatable bonds is 2. The Hall–Kier alpha value is -1.70. The van der Waals surface area contributed by atoms with Gasteiger partial charge in [0.15, 0.2) is 0 Å². The zero-order chi connectivity index (χ0) is 14.1. The first-order chi connectivity index (χ1) is 9.70. The fourth-order valence-electron chi connectivity index (χ4n) is 2.43. The van der Waals surface area contributed by atoms with E-state index in [1.807, 2.05) is 37.4 Å². The zero-order valence-electron chi connectivity index (χ0n) is 11.0. The fraction of sp³-hybridized carbons (Fsp3) is 0.0588. The molecule has 1 nitrogen and oxygen atoms in total. The minimum Gasteiger partial charge on any atom is -0.388 e. The van der Waals surface area contributed by atoms with Gasteiger partial charge in [0.25, 0.3) is 0 Å². The third-order valence-corrected chi connectivity index (χ3v) is 4.16. The molecule has 0 spiro atoms. The minimum absolute atomic E-state index is 0.575. The van der Waals surface area contributed by atoms with Crippen LogP contribution in [0.25, 0.3) is 21.9 Å². The van der Waals surface area contributed by atoms with E-state index in [0.29, 0.717) is 10.0 Å². The topological polar surface area (TPSA) is 12.0 Å². The van der Waals surface area contributed by atoms with E-state index in [2.05, 4.69) is 29.6 Å². The van der Waals surface area contributed by atoms with Crippen molar-refractivity contribution >= 4 is 39.7 Å². The lowest BCUT2D eigenvalue weighted by molar-refractivity contribution is 1.54. The molecule has 0 saturated heterocycles. The summed E-state index contributed by atoms with van der Waals surface area (Å²) in [4.78, 5) is 0. The maximum absolute atomic E-state index is 6.13. The SMILES string of the molecule is CNc1ccc(-c2ccc(Cl)c(Cl)c2)c2ccccc12. The van der Waals surface area contributed by atoms with Gasteiger partial charge in [-0.1, -0.05) is 59.6 Å². The highest BCUT2D eigenvalue weighted by atomic mass is 35.5. The van der Waals surface area contributed by atoms with E-state index in [9.17, 15) is 0 Å². The molecule has 100 valence electrons. The van der Waals surface area contributed by atoms with Crippen LogP contribution in [-0.2, 0) is 0 Å². The van der Waals surface area contributed by atoms with Crippen molar-refractivity contribution in [2.75, 3.05) is 12.4 Å². The van der Waals surface area contributed by atoms with Gasteiger partial charge in [0.05, 0.1) is 10.0 Å². The summed E-state index contributed by atoms with van der Waals surface area (Å²) >= 11 is 12.1. The van der Waals surface area contributed by atoms with Crippen LogP contribution < -0.4 is 5.32 Å². The predicted molar refractivity (Wildman–Crippen MR) is 89.0 cm³/mol. The van der Waals surface area contributed by atoms with E-state index in [1.54, 1.807) is 0 Å². The molecule has 0 bridgehead atoms. The molecule has 0 atom stereocenters. The van der Waals surface area contributed by atoms with Crippen LogP contribution in [0.15, 0.2) is 54.6 Å². The van der Waals surface area contributed by atoms with Crippen LogP contribution in [0.2, 0.25) is 10.0 Å². The van der Waals surface area contributed by atoms with E-state index in [0.717, 1.165) is 16.8 Å². The lowest BCUT2D eigenvalue weighted by Gasteiger charge is -2.11. The van der Waals surface area contributed by atoms with Crippen LogP contribution in [-0.4, -0.2) is 7.05 Å². The molecule has 3 aromatic carbocycles. The van der Waals surface area contributed by atoms with Gasteiger partial charge >= 0.3 is 0 Å². The number of hydrogen-bond acceptors (Lipinski definition) is 1. The van der Waals surface area contributed by atoms with E-state index >= 15 is 0 Å². The van der Waals surface area contributed by atoms with Gasteiger partial charge in [-0.25, -0.2) is 0 Å². The Labute approximate surface area is 128 Å². The summed E-state index contributed by atoms with van der Waals surface area (Å²) in [7, 11) is 1.93. The molecule has 20 heavy (non-hydrogen) atoms. The highest BCUT2D eigenvalue weighted by molar-refractivity contribution is 6.42. The van der Waals surface area contributed by atoms with Crippen molar-refractivity contribution in [1.29, 1.82) is 0 Å². The largest absolute Gasteiger partial charge is 0.388 e. The van der Waals surface area contributed by atoms with Gasteiger partial charge < -0.3 is 5.32 Å². The summed E-state index contributed by atoms with van der Waals surface area (Å²) in [6, 6.07) is 18.2. The molecule has 0 amide bonds. The summed E-state index contributed by atoms with van der Waals surface area (Å²) in [5.41, 5.74) is 3.33. The Kier molecular flexibility index (Phi) is 3.56. The van der Waals surface area contributed by atoms with Gasteiger partial charge in [0.2, 0.25) is 0 Å². The molecule has 0 fully saturated rings. The van der Waals surface area contributed by atoms with Crippen molar-refractivity contribution < 1.29 is 0 Å². The maximum Gasteiger partial charge on any atom is 0.0598 e. The second-order valence-corrected chi connectivity index (χ2v) is 5.40.